The molecule has 2 N–H and O–H groups in total. The molecule has 0 spiro atoms. The largest absolute Gasteiger partial charge is 0.481 e. The van der Waals surface area contributed by atoms with E-state index in [2.05, 4.69) is 19.9 Å². The summed E-state index contributed by atoms with van der Waals surface area (Å²) in [5, 5.41) is 22.5. The molecule has 4 aliphatic carbocycles. The lowest BCUT2D eigenvalue weighted by Gasteiger charge is -2.58. The highest BCUT2D eigenvalue weighted by atomic mass is 16.7. The molecule has 1 aliphatic heterocycles. The molecule has 3 saturated carbocycles. The number of allylic oxidation sites excluding steroid dienone is 1. The van der Waals surface area contributed by atoms with Crippen molar-refractivity contribution in [1.29, 1.82) is 0 Å². The van der Waals surface area contributed by atoms with Crippen LogP contribution in [0.1, 0.15) is 86.0 Å². The number of carbonyl (C=O) groups is 3. The van der Waals surface area contributed by atoms with Gasteiger partial charge in [0.05, 0.1) is 18.1 Å². The number of hydrogen-bond donors (Lipinski definition) is 2. The zero-order valence-corrected chi connectivity index (χ0v) is 26.0. The second-order valence-electron chi connectivity index (χ2n) is 14.1. The van der Waals surface area contributed by atoms with Crippen LogP contribution in [0.15, 0.2) is 11.6 Å². The molecule has 0 radical (unpaired) electrons. The smallest absolute Gasteiger partial charge is 0.315 e. The van der Waals surface area contributed by atoms with E-state index < -0.39 is 58.9 Å². The Hall–Kier alpha value is -1.81. The topological polar surface area (TPSA) is 129 Å². The van der Waals surface area contributed by atoms with Gasteiger partial charge in [-0.1, -0.05) is 58.6 Å². The van der Waals surface area contributed by atoms with Crippen molar-refractivity contribution in [2.75, 3.05) is 13.7 Å². The summed E-state index contributed by atoms with van der Waals surface area (Å²) in [6, 6.07) is 0. The average molecular weight is 591 g/mol. The van der Waals surface area contributed by atoms with E-state index in [-0.39, 0.29) is 36.7 Å². The molecule has 9 nitrogen and oxygen atoms in total. The fourth-order valence-corrected chi connectivity index (χ4v) is 10.2. The molecule has 236 valence electrons. The third kappa shape index (κ3) is 4.27. The van der Waals surface area contributed by atoms with Gasteiger partial charge >= 0.3 is 11.9 Å². The maximum absolute atomic E-state index is 13.7. The van der Waals surface area contributed by atoms with Crippen LogP contribution in [0, 0.1) is 45.8 Å². The van der Waals surface area contributed by atoms with Gasteiger partial charge in [-0.3, -0.25) is 9.59 Å². The van der Waals surface area contributed by atoms with Crippen LogP contribution in [0.2, 0.25) is 0 Å². The van der Waals surface area contributed by atoms with E-state index in [1.54, 1.807) is 6.92 Å². The lowest BCUT2D eigenvalue weighted by molar-refractivity contribution is -0.309. The number of hydrogen-bond acceptors (Lipinski definition) is 8. The zero-order chi connectivity index (χ0) is 30.6. The normalized spacial score (nSPS) is 45.5. The number of ether oxygens (including phenoxy) is 4. The molecule has 4 fully saturated rings. The van der Waals surface area contributed by atoms with Crippen molar-refractivity contribution < 1.29 is 43.5 Å². The van der Waals surface area contributed by atoms with Crippen LogP contribution in [-0.2, 0) is 33.3 Å². The Morgan fingerprint density at radius 1 is 1.17 bits per heavy atom. The van der Waals surface area contributed by atoms with Crippen LogP contribution in [0.5, 0.6) is 0 Å². The Morgan fingerprint density at radius 3 is 2.52 bits per heavy atom. The Morgan fingerprint density at radius 2 is 1.90 bits per heavy atom. The third-order valence-electron chi connectivity index (χ3n) is 11.9. The standard InChI is InChI=1S/C33H50O9/c1-7-8-9-10-25(35)42-28-26(36)27(39-6)20(5)41-29(28)40-17-32-15-22-19(4)11-12-23(22)31(16-34)14-21(32)13-24(18(2)3)33(31,32)30(37)38/h13,16,18-23,26-29,36H,7-12,14-15,17H2,1-6H3,(H,37,38)/t19-,20-,21?,22-,23-,26-,27-,28+,29-,31?,32?,33?/m1/s1. The summed E-state index contributed by atoms with van der Waals surface area (Å²) in [7, 11) is 1.47. The Kier molecular flexibility index (Phi) is 8.73. The molecular formula is C33H50O9. The number of carboxylic acid groups (broad SMARTS) is 1. The van der Waals surface area contributed by atoms with Crippen LogP contribution in [-0.4, -0.2) is 72.9 Å². The van der Waals surface area contributed by atoms with E-state index in [4.69, 9.17) is 18.9 Å². The molecule has 1 heterocycles. The molecular weight excluding hydrogens is 540 g/mol. The number of unbranched alkanes of at least 4 members (excludes halogenated alkanes) is 2. The Labute approximate surface area is 249 Å². The number of aliphatic carboxylic acids is 1. The number of esters is 1. The number of methoxy groups -OCH3 is 1. The molecule has 12 atom stereocenters. The second-order valence-corrected chi connectivity index (χ2v) is 14.1. The van der Waals surface area contributed by atoms with Crippen LogP contribution < -0.4 is 0 Å². The molecule has 0 amide bonds. The number of rotatable bonds is 12. The molecule has 0 aromatic carbocycles. The van der Waals surface area contributed by atoms with E-state index in [0.717, 1.165) is 37.5 Å². The van der Waals surface area contributed by atoms with Gasteiger partial charge in [-0.05, 0) is 62.2 Å². The summed E-state index contributed by atoms with van der Waals surface area (Å²) >= 11 is 0. The number of aliphatic hydroxyl groups is 1. The Balaban J connectivity index is 1.50. The fourth-order valence-electron chi connectivity index (χ4n) is 10.2. The fraction of sp³-hybridized carbons (Fsp3) is 0.848. The molecule has 0 aromatic rings. The molecule has 9 heteroatoms. The van der Waals surface area contributed by atoms with E-state index >= 15 is 0 Å². The minimum atomic E-state index is -1.38. The van der Waals surface area contributed by atoms with Gasteiger partial charge in [0.1, 0.15) is 23.9 Å². The number of aldehydes is 1. The van der Waals surface area contributed by atoms with Gasteiger partial charge < -0.3 is 34.0 Å². The van der Waals surface area contributed by atoms with Crippen molar-refractivity contribution >= 4 is 18.2 Å². The van der Waals surface area contributed by atoms with Gasteiger partial charge in [0.2, 0.25) is 0 Å². The molecule has 5 rings (SSSR count). The summed E-state index contributed by atoms with van der Waals surface area (Å²) in [6.07, 6.45) is 4.14. The predicted molar refractivity (Wildman–Crippen MR) is 153 cm³/mol. The first-order valence-electron chi connectivity index (χ1n) is 16.0. The monoisotopic (exact) mass is 590 g/mol. The van der Waals surface area contributed by atoms with Crippen LogP contribution in [0.4, 0.5) is 0 Å². The quantitative estimate of drug-likeness (QED) is 0.146. The number of carbonyl (C=O) groups excluding carboxylic acids is 2. The van der Waals surface area contributed by atoms with Crippen molar-refractivity contribution in [1.82, 2.24) is 0 Å². The molecule has 42 heavy (non-hydrogen) atoms. The molecule has 4 bridgehead atoms. The van der Waals surface area contributed by atoms with E-state index in [1.807, 2.05) is 13.8 Å². The Bertz CT molecular complexity index is 1090. The summed E-state index contributed by atoms with van der Waals surface area (Å²) in [5.41, 5.74) is -2.41. The lowest BCUT2D eigenvalue weighted by Crippen LogP contribution is -2.64. The highest BCUT2D eigenvalue weighted by Gasteiger charge is 2.84. The maximum atomic E-state index is 13.7. The van der Waals surface area contributed by atoms with Crippen molar-refractivity contribution in [3.05, 3.63) is 11.6 Å². The first kappa shape index (κ1) is 31.6. The first-order chi connectivity index (χ1) is 19.9. The van der Waals surface area contributed by atoms with Gasteiger partial charge in [-0.15, -0.1) is 0 Å². The van der Waals surface area contributed by atoms with Crippen molar-refractivity contribution in [2.24, 2.45) is 45.8 Å². The van der Waals surface area contributed by atoms with Gasteiger partial charge in [0, 0.05) is 18.9 Å². The van der Waals surface area contributed by atoms with Gasteiger partial charge in [-0.25, -0.2) is 0 Å². The van der Waals surface area contributed by atoms with Crippen molar-refractivity contribution in [2.45, 2.75) is 117 Å². The molecule has 1 saturated heterocycles. The zero-order valence-electron chi connectivity index (χ0n) is 26.0. The summed E-state index contributed by atoms with van der Waals surface area (Å²) in [4.78, 5) is 39.8. The number of carboxylic acids is 1. The summed E-state index contributed by atoms with van der Waals surface area (Å²) < 4.78 is 24.0. The van der Waals surface area contributed by atoms with Gasteiger partial charge in [-0.2, -0.15) is 0 Å². The minimum Gasteiger partial charge on any atom is -0.481 e. The van der Waals surface area contributed by atoms with Gasteiger partial charge in [0.15, 0.2) is 12.4 Å². The molecule has 0 aromatic heterocycles. The minimum absolute atomic E-state index is 0.0217. The van der Waals surface area contributed by atoms with Crippen LogP contribution >= 0.6 is 0 Å². The van der Waals surface area contributed by atoms with Crippen molar-refractivity contribution in [3.63, 3.8) is 0 Å². The van der Waals surface area contributed by atoms with E-state index in [1.165, 1.54) is 7.11 Å². The average Bonchev–Trinajstić information content (AvgIpc) is 3.51. The lowest BCUT2D eigenvalue weighted by atomic mass is 9.43. The highest BCUT2D eigenvalue weighted by Crippen LogP contribution is 2.82. The highest BCUT2D eigenvalue weighted by molar-refractivity contribution is 5.90. The van der Waals surface area contributed by atoms with E-state index in [0.29, 0.717) is 25.2 Å². The van der Waals surface area contributed by atoms with Crippen molar-refractivity contribution in [3.8, 4) is 0 Å². The van der Waals surface area contributed by atoms with E-state index in [9.17, 15) is 24.6 Å². The maximum Gasteiger partial charge on any atom is 0.315 e. The van der Waals surface area contributed by atoms with Gasteiger partial charge in [0.25, 0.3) is 0 Å². The second kappa shape index (κ2) is 11.6. The van der Waals surface area contributed by atoms with Crippen LogP contribution in [0.25, 0.3) is 0 Å². The first-order valence-corrected chi connectivity index (χ1v) is 16.0. The van der Waals surface area contributed by atoms with Crippen LogP contribution in [0.3, 0.4) is 0 Å². The summed E-state index contributed by atoms with van der Waals surface area (Å²) in [6.45, 7) is 10.1. The third-order valence-corrected chi connectivity index (χ3v) is 11.9. The molecule has 4 unspecified atom stereocenters. The number of aliphatic hydroxyl groups excluding tert-OH is 1. The number of fused-ring (bicyclic) bond motifs is 2. The molecule has 5 aliphatic rings. The summed E-state index contributed by atoms with van der Waals surface area (Å²) in [5.74, 6) is -0.959. The predicted octanol–water partition coefficient (Wildman–Crippen LogP) is 4.54. The SMILES string of the molecule is CCCCCC(=O)O[C@@H]1[C@H](OCC23C[C@@H]4[C@H](C)CC[C@H]4C4(C=O)CC2C=C(C(C)C)C34C(=O)O)O[C@H](C)[C@@H](OC)[C@H]1O.